The number of nitrogens with one attached hydrogen (secondary N) is 1. The molecule has 0 spiro atoms. The second kappa shape index (κ2) is 8.13. The zero-order valence-corrected chi connectivity index (χ0v) is 14.9. The fourth-order valence-corrected chi connectivity index (χ4v) is 3.29. The topological polar surface area (TPSA) is 128 Å². The highest BCUT2D eigenvalue weighted by atomic mass is 32.2. The van der Waals surface area contributed by atoms with E-state index >= 15 is 0 Å². The lowest BCUT2D eigenvalue weighted by molar-refractivity contribution is -0.385. The van der Waals surface area contributed by atoms with E-state index in [1.54, 1.807) is 12.1 Å². The van der Waals surface area contributed by atoms with Crippen LogP contribution in [-0.4, -0.2) is 39.2 Å². The van der Waals surface area contributed by atoms with E-state index in [-0.39, 0.29) is 17.1 Å². The molecule has 2 N–H and O–H groups in total. The average molecular weight is 382 g/mol. The average Bonchev–Trinajstić information content (AvgIpc) is 2.65. The highest BCUT2D eigenvalue weighted by Crippen LogP contribution is 2.30. The zero-order valence-electron chi connectivity index (χ0n) is 14.1. The monoisotopic (exact) mass is 382 g/mol. The fraction of sp³-hybridized carbons (Fsp3) is 0.250. The van der Waals surface area contributed by atoms with Gasteiger partial charge in [0.1, 0.15) is 0 Å². The minimum absolute atomic E-state index is 0.258. The summed E-state index contributed by atoms with van der Waals surface area (Å²) in [5.74, 6) is 0.867. The Morgan fingerprint density at radius 1 is 1.15 bits per heavy atom. The SMILES string of the molecule is COc1ccc(C(O)CNS(=O)(=O)c2cccc([N+](=O)[O-])c2)cc1OC. The first-order chi connectivity index (χ1) is 12.3. The maximum atomic E-state index is 12.3. The van der Waals surface area contributed by atoms with E-state index in [0.29, 0.717) is 17.1 Å². The second-order valence-electron chi connectivity index (χ2n) is 5.24. The summed E-state index contributed by atoms with van der Waals surface area (Å²) in [6.45, 7) is -0.319. The lowest BCUT2D eigenvalue weighted by Crippen LogP contribution is -2.28. The second-order valence-corrected chi connectivity index (χ2v) is 7.00. The summed E-state index contributed by atoms with van der Waals surface area (Å²) in [5.41, 5.74) is 0.0812. The van der Waals surface area contributed by atoms with Crippen LogP contribution in [0.2, 0.25) is 0 Å². The van der Waals surface area contributed by atoms with Gasteiger partial charge in [-0.2, -0.15) is 0 Å². The number of aliphatic hydroxyl groups is 1. The molecule has 2 aromatic rings. The van der Waals surface area contributed by atoms with Gasteiger partial charge in [0.2, 0.25) is 10.0 Å². The number of rotatable bonds is 8. The number of non-ortho nitro benzene ring substituents is 1. The Bertz CT molecular complexity index is 899. The molecule has 0 aromatic heterocycles. The van der Waals surface area contributed by atoms with E-state index < -0.39 is 21.1 Å². The van der Waals surface area contributed by atoms with E-state index in [2.05, 4.69) is 4.72 Å². The van der Waals surface area contributed by atoms with Gasteiger partial charge in [-0.25, -0.2) is 13.1 Å². The van der Waals surface area contributed by atoms with Crippen LogP contribution >= 0.6 is 0 Å². The van der Waals surface area contributed by atoms with Crippen LogP contribution in [-0.2, 0) is 10.0 Å². The first kappa shape index (κ1) is 19.6. The van der Waals surface area contributed by atoms with Crippen molar-refractivity contribution < 1.29 is 27.9 Å². The van der Waals surface area contributed by atoms with Crippen molar-refractivity contribution >= 4 is 15.7 Å². The van der Waals surface area contributed by atoms with Crippen LogP contribution in [0.1, 0.15) is 11.7 Å². The molecule has 9 nitrogen and oxygen atoms in total. The van der Waals surface area contributed by atoms with Crippen molar-refractivity contribution in [3.05, 3.63) is 58.1 Å². The molecule has 0 radical (unpaired) electrons. The zero-order chi connectivity index (χ0) is 19.3. The van der Waals surface area contributed by atoms with Gasteiger partial charge < -0.3 is 14.6 Å². The third-order valence-corrected chi connectivity index (χ3v) is 5.02. The van der Waals surface area contributed by atoms with E-state index in [9.17, 15) is 23.6 Å². The molecule has 0 amide bonds. The Morgan fingerprint density at radius 2 is 1.85 bits per heavy atom. The van der Waals surface area contributed by atoms with Crippen molar-refractivity contribution in [3.63, 3.8) is 0 Å². The Hall–Kier alpha value is -2.69. The van der Waals surface area contributed by atoms with E-state index in [0.717, 1.165) is 6.07 Å². The van der Waals surface area contributed by atoms with E-state index in [1.165, 1.54) is 38.5 Å². The number of methoxy groups -OCH3 is 2. The molecule has 0 bridgehead atoms. The molecule has 26 heavy (non-hydrogen) atoms. The lowest BCUT2D eigenvalue weighted by atomic mass is 10.1. The number of nitro groups is 1. The summed E-state index contributed by atoms with van der Waals surface area (Å²) in [5, 5.41) is 21.0. The largest absolute Gasteiger partial charge is 0.493 e. The van der Waals surface area contributed by atoms with E-state index in [4.69, 9.17) is 9.47 Å². The van der Waals surface area contributed by atoms with Crippen LogP contribution in [0.4, 0.5) is 5.69 Å². The van der Waals surface area contributed by atoms with Crippen LogP contribution in [0.5, 0.6) is 11.5 Å². The number of ether oxygens (including phenoxy) is 2. The summed E-state index contributed by atoms with van der Waals surface area (Å²) in [6, 6.07) is 9.35. The van der Waals surface area contributed by atoms with Crippen molar-refractivity contribution in [1.29, 1.82) is 0 Å². The van der Waals surface area contributed by atoms with Gasteiger partial charge in [0.05, 0.1) is 30.1 Å². The molecule has 140 valence electrons. The van der Waals surface area contributed by atoms with Gasteiger partial charge in [0.15, 0.2) is 11.5 Å². The van der Waals surface area contributed by atoms with Gasteiger partial charge in [0, 0.05) is 18.7 Å². The minimum Gasteiger partial charge on any atom is -0.493 e. The van der Waals surface area contributed by atoms with Crippen molar-refractivity contribution in [2.24, 2.45) is 0 Å². The number of nitrogens with zero attached hydrogens (tertiary/aromatic N) is 1. The quantitative estimate of drug-likeness (QED) is 0.524. The molecular formula is C16H18N2O7S. The number of hydrogen-bond acceptors (Lipinski definition) is 7. The molecule has 0 heterocycles. The normalized spacial score (nSPS) is 12.4. The van der Waals surface area contributed by atoms with Crippen LogP contribution < -0.4 is 14.2 Å². The van der Waals surface area contributed by atoms with Gasteiger partial charge in [-0.15, -0.1) is 0 Å². The van der Waals surface area contributed by atoms with Crippen LogP contribution in [0.3, 0.4) is 0 Å². The summed E-state index contributed by atoms with van der Waals surface area (Å²) in [4.78, 5) is 9.83. The summed E-state index contributed by atoms with van der Waals surface area (Å²) in [6.07, 6.45) is -1.15. The van der Waals surface area contributed by atoms with Gasteiger partial charge in [-0.3, -0.25) is 10.1 Å². The molecule has 1 atom stereocenters. The third kappa shape index (κ3) is 4.48. The number of benzene rings is 2. The van der Waals surface area contributed by atoms with Gasteiger partial charge >= 0.3 is 0 Å². The van der Waals surface area contributed by atoms with Crippen molar-refractivity contribution in [2.75, 3.05) is 20.8 Å². The molecule has 2 aromatic carbocycles. The summed E-state index contributed by atoms with van der Waals surface area (Å²) < 4.78 is 37.0. The predicted octanol–water partition coefficient (Wildman–Crippen LogP) is 1.62. The number of nitro benzene ring substituents is 1. The Kier molecular flexibility index (Phi) is 6.14. The van der Waals surface area contributed by atoms with Crippen LogP contribution in [0, 0.1) is 10.1 Å². The molecule has 1 unspecified atom stereocenters. The number of aliphatic hydroxyl groups excluding tert-OH is 1. The fourth-order valence-electron chi connectivity index (χ4n) is 2.21. The molecule has 0 aliphatic heterocycles. The third-order valence-electron chi connectivity index (χ3n) is 3.60. The van der Waals surface area contributed by atoms with Gasteiger partial charge in [-0.05, 0) is 23.8 Å². The summed E-state index contributed by atoms with van der Waals surface area (Å²) >= 11 is 0. The highest BCUT2D eigenvalue weighted by molar-refractivity contribution is 7.89. The van der Waals surface area contributed by atoms with Crippen LogP contribution in [0.15, 0.2) is 47.4 Å². The van der Waals surface area contributed by atoms with Crippen molar-refractivity contribution in [2.45, 2.75) is 11.0 Å². The van der Waals surface area contributed by atoms with Crippen molar-refractivity contribution in [3.8, 4) is 11.5 Å². The molecular weight excluding hydrogens is 364 g/mol. The minimum atomic E-state index is -4.02. The molecule has 0 saturated heterocycles. The number of sulfonamides is 1. The number of hydrogen-bond donors (Lipinski definition) is 2. The first-order valence-corrected chi connectivity index (χ1v) is 8.91. The summed E-state index contributed by atoms with van der Waals surface area (Å²) in [7, 11) is -1.10. The molecule has 0 fully saturated rings. The molecule has 10 heteroatoms. The Labute approximate surface area is 150 Å². The predicted molar refractivity (Wildman–Crippen MR) is 92.8 cm³/mol. The van der Waals surface area contributed by atoms with E-state index in [1.807, 2.05) is 0 Å². The standard InChI is InChI=1S/C16H18N2O7S/c1-24-15-7-6-11(8-16(15)25-2)14(19)10-17-26(22,23)13-5-3-4-12(9-13)18(20)21/h3-9,14,17,19H,10H2,1-2H3. The smallest absolute Gasteiger partial charge is 0.270 e. The Balaban J connectivity index is 2.14. The molecule has 0 saturated carbocycles. The molecule has 2 rings (SSSR count). The molecule has 0 aliphatic rings. The molecule has 0 aliphatic carbocycles. The maximum absolute atomic E-state index is 12.3. The van der Waals surface area contributed by atoms with Crippen molar-refractivity contribution in [1.82, 2.24) is 4.72 Å². The van der Waals surface area contributed by atoms with Gasteiger partial charge in [0.25, 0.3) is 5.69 Å². The van der Waals surface area contributed by atoms with Crippen LogP contribution in [0.25, 0.3) is 0 Å². The Morgan fingerprint density at radius 3 is 2.46 bits per heavy atom. The van der Waals surface area contributed by atoms with Gasteiger partial charge in [-0.1, -0.05) is 12.1 Å². The highest BCUT2D eigenvalue weighted by Gasteiger charge is 2.20. The first-order valence-electron chi connectivity index (χ1n) is 7.42. The maximum Gasteiger partial charge on any atom is 0.270 e. The lowest BCUT2D eigenvalue weighted by Gasteiger charge is -2.15.